The summed E-state index contributed by atoms with van der Waals surface area (Å²) in [5, 5.41) is 0. The van der Waals surface area contributed by atoms with E-state index in [-0.39, 0.29) is 0 Å². The van der Waals surface area contributed by atoms with E-state index in [0.717, 1.165) is 25.4 Å². The first-order valence-electron chi connectivity index (χ1n) is 5.11. The largest absolute Gasteiger partial charge is 0.387 e. The number of amidine groups is 1. The zero-order chi connectivity index (χ0) is 9.68. The number of hydrogen-bond donors (Lipinski definition) is 1. The Morgan fingerprint density at radius 2 is 2.38 bits per heavy atom. The van der Waals surface area contributed by atoms with Crippen molar-refractivity contribution in [2.24, 2.45) is 16.6 Å². The van der Waals surface area contributed by atoms with E-state index in [9.17, 15) is 0 Å². The summed E-state index contributed by atoms with van der Waals surface area (Å²) < 4.78 is 5.49. The summed E-state index contributed by atoms with van der Waals surface area (Å²) in [7, 11) is 0. The quantitative estimate of drug-likeness (QED) is 0.532. The highest BCUT2D eigenvalue weighted by Crippen LogP contribution is 2.14. The molecule has 1 fully saturated rings. The lowest BCUT2D eigenvalue weighted by molar-refractivity contribution is 0.106. The van der Waals surface area contributed by atoms with Crippen LogP contribution >= 0.6 is 0 Å². The average molecular weight is 184 g/mol. The van der Waals surface area contributed by atoms with E-state index in [4.69, 9.17) is 10.5 Å². The summed E-state index contributed by atoms with van der Waals surface area (Å²) in [6.07, 6.45) is 3.85. The maximum absolute atomic E-state index is 5.71. The Hall–Kier alpha value is -0.570. The van der Waals surface area contributed by atoms with Crippen LogP contribution in [0.1, 0.15) is 33.1 Å². The van der Waals surface area contributed by atoms with Gasteiger partial charge in [-0.1, -0.05) is 13.8 Å². The zero-order valence-electron chi connectivity index (χ0n) is 8.62. The molecule has 0 radical (unpaired) electrons. The first-order chi connectivity index (χ1) is 6.20. The molecule has 1 rings (SSSR count). The van der Waals surface area contributed by atoms with Gasteiger partial charge in [-0.25, -0.2) is 0 Å². The van der Waals surface area contributed by atoms with Crippen molar-refractivity contribution in [3.63, 3.8) is 0 Å². The fourth-order valence-electron chi connectivity index (χ4n) is 1.39. The molecule has 1 aliphatic rings. The van der Waals surface area contributed by atoms with Crippen molar-refractivity contribution in [1.82, 2.24) is 0 Å². The molecule has 1 heterocycles. The Bertz CT molecular complexity index is 172. The molecule has 2 N–H and O–H groups in total. The summed E-state index contributed by atoms with van der Waals surface area (Å²) in [5.74, 6) is 1.13. The summed E-state index contributed by atoms with van der Waals surface area (Å²) in [6, 6.07) is 0. The Morgan fingerprint density at radius 3 is 2.92 bits per heavy atom. The molecule has 0 spiro atoms. The van der Waals surface area contributed by atoms with Gasteiger partial charge in [0.1, 0.15) is 0 Å². The molecule has 0 aromatic heterocycles. The predicted molar refractivity (Wildman–Crippen MR) is 54.9 cm³/mol. The van der Waals surface area contributed by atoms with Crippen LogP contribution in [0.2, 0.25) is 0 Å². The molecule has 1 atom stereocenters. The molecule has 1 unspecified atom stereocenters. The molecule has 0 aliphatic carbocycles. The van der Waals surface area contributed by atoms with E-state index < -0.39 is 0 Å². The summed E-state index contributed by atoms with van der Waals surface area (Å²) >= 11 is 0. The second-order valence-electron chi connectivity index (χ2n) is 3.88. The molecule has 1 saturated heterocycles. The van der Waals surface area contributed by atoms with Crippen LogP contribution in [0, 0.1) is 5.92 Å². The zero-order valence-corrected chi connectivity index (χ0v) is 8.62. The van der Waals surface area contributed by atoms with Crippen molar-refractivity contribution < 1.29 is 4.74 Å². The third-order valence-corrected chi connectivity index (χ3v) is 2.36. The molecule has 3 nitrogen and oxygen atoms in total. The van der Waals surface area contributed by atoms with Gasteiger partial charge in [-0.3, -0.25) is 4.99 Å². The van der Waals surface area contributed by atoms with Gasteiger partial charge in [0.25, 0.3) is 0 Å². The van der Waals surface area contributed by atoms with E-state index in [1.54, 1.807) is 0 Å². The van der Waals surface area contributed by atoms with E-state index in [1.807, 2.05) is 0 Å². The number of nitrogens with two attached hydrogens (primary N) is 1. The Labute approximate surface area is 80.4 Å². The van der Waals surface area contributed by atoms with Crippen LogP contribution in [0.3, 0.4) is 0 Å². The lowest BCUT2D eigenvalue weighted by Gasteiger charge is -2.08. The lowest BCUT2D eigenvalue weighted by atomic mass is 10.2. The molecule has 1 aliphatic heterocycles. The normalized spacial score (nSPS) is 24.2. The topological polar surface area (TPSA) is 47.6 Å². The second kappa shape index (κ2) is 5.22. The number of nitrogens with zero attached hydrogens (tertiary/aromatic N) is 1. The first-order valence-corrected chi connectivity index (χ1v) is 5.11. The van der Waals surface area contributed by atoms with Gasteiger partial charge < -0.3 is 10.5 Å². The van der Waals surface area contributed by atoms with Crippen molar-refractivity contribution in [3.8, 4) is 0 Å². The summed E-state index contributed by atoms with van der Waals surface area (Å²) in [6.45, 7) is 5.86. The Kier molecular flexibility index (Phi) is 4.22. The van der Waals surface area contributed by atoms with Crippen LogP contribution in [0.25, 0.3) is 0 Å². The van der Waals surface area contributed by atoms with Crippen LogP contribution in [0.15, 0.2) is 4.99 Å². The molecule has 0 aromatic rings. The van der Waals surface area contributed by atoms with Gasteiger partial charge in [0, 0.05) is 19.1 Å². The van der Waals surface area contributed by atoms with Crippen molar-refractivity contribution in [1.29, 1.82) is 0 Å². The maximum Gasteiger partial charge on any atom is 0.0962 e. The van der Waals surface area contributed by atoms with Gasteiger partial charge in [-0.2, -0.15) is 0 Å². The molecule has 13 heavy (non-hydrogen) atoms. The van der Waals surface area contributed by atoms with Crippen molar-refractivity contribution >= 4 is 5.84 Å². The van der Waals surface area contributed by atoms with Gasteiger partial charge in [0.2, 0.25) is 0 Å². The van der Waals surface area contributed by atoms with Gasteiger partial charge in [-0.05, 0) is 19.3 Å². The number of rotatable bonds is 4. The maximum atomic E-state index is 5.71. The smallest absolute Gasteiger partial charge is 0.0962 e. The van der Waals surface area contributed by atoms with Crippen molar-refractivity contribution in [2.45, 2.75) is 39.2 Å². The molecule has 0 aromatic carbocycles. The number of aliphatic imine (C=N–C) groups is 1. The summed E-state index contributed by atoms with van der Waals surface area (Å²) in [4.78, 5) is 4.30. The monoisotopic (exact) mass is 184 g/mol. The van der Waals surface area contributed by atoms with Crippen LogP contribution in [0.4, 0.5) is 0 Å². The van der Waals surface area contributed by atoms with Gasteiger partial charge >= 0.3 is 0 Å². The van der Waals surface area contributed by atoms with Crippen LogP contribution in [-0.4, -0.2) is 25.1 Å². The van der Waals surface area contributed by atoms with Gasteiger partial charge in [0.15, 0.2) is 0 Å². The van der Waals surface area contributed by atoms with Crippen molar-refractivity contribution in [3.05, 3.63) is 0 Å². The highest BCUT2D eigenvalue weighted by atomic mass is 16.5. The third-order valence-electron chi connectivity index (χ3n) is 2.36. The molecular formula is C10H20N2O. The third kappa shape index (κ3) is 3.77. The Morgan fingerprint density at radius 1 is 1.62 bits per heavy atom. The van der Waals surface area contributed by atoms with Gasteiger partial charge in [0.05, 0.1) is 11.9 Å². The number of hydrogen-bond acceptors (Lipinski definition) is 2. The molecule has 0 bridgehead atoms. The van der Waals surface area contributed by atoms with Crippen molar-refractivity contribution in [2.75, 3.05) is 13.2 Å². The lowest BCUT2D eigenvalue weighted by Crippen LogP contribution is -2.19. The highest BCUT2D eigenvalue weighted by Gasteiger charge is 2.14. The second-order valence-corrected chi connectivity index (χ2v) is 3.88. The van der Waals surface area contributed by atoms with E-state index >= 15 is 0 Å². The van der Waals surface area contributed by atoms with Crippen LogP contribution < -0.4 is 5.73 Å². The highest BCUT2D eigenvalue weighted by molar-refractivity contribution is 5.82. The van der Waals surface area contributed by atoms with Gasteiger partial charge in [-0.15, -0.1) is 0 Å². The van der Waals surface area contributed by atoms with E-state index in [0.29, 0.717) is 12.0 Å². The fraction of sp³-hybridized carbons (Fsp3) is 0.900. The minimum absolute atomic E-state index is 0.365. The SMILES string of the molecule is CC(C)C(N)=NCCC1CCCO1. The average Bonchev–Trinajstić information content (AvgIpc) is 2.56. The number of ether oxygens (including phenoxy) is 1. The predicted octanol–water partition coefficient (Wildman–Crippen LogP) is 1.57. The summed E-state index contributed by atoms with van der Waals surface area (Å²) in [5.41, 5.74) is 5.71. The molecule has 76 valence electrons. The molecule has 0 saturated carbocycles. The fourth-order valence-corrected chi connectivity index (χ4v) is 1.39. The minimum atomic E-state index is 0.365. The standard InChI is InChI=1S/C10H20N2O/c1-8(2)10(11)12-6-5-9-4-3-7-13-9/h8-9H,3-7H2,1-2H3,(H2,11,12). The molecule has 3 heteroatoms. The molecular weight excluding hydrogens is 164 g/mol. The molecule has 0 amide bonds. The van der Waals surface area contributed by atoms with Crippen LogP contribution in [-0.2, 0) is 4.74 Å². The first kappa shape index (κ1) is 10.5. The van der Waals surface area contributed by atoms with Crippen LogP contribution in [0.5, 0.6) is 0 Å². The Balaban J connectivity index is 2.15. The van der Waals surface area contributed by atoms with E-state index in [1.165, 1.54) is 12.8 Å². The minimum Gasteiger partial charge on any atom is -0.387 e. The van der Waals surface area contributed by atoms with E-state index in [2.05, 4.69) is 18.8 Å².